The van der Waals surface area contributed by atoms with Crippen molar-refractivity contribution in [3.63, 3.8) is 0 Å². The minimum atomic E-state index is 1.19. The fraction of sp³-hybridized carbons (Fsp3) is 0.333. The molecule has 1 heteroatoms. The van der Waals surface area contributed by atoms with Gasteiger partial charge >= 0.3 is 0 Å². The maximum absolute atomic E-state index is 2.41. The predicted molar refractivity (Wildman–Crippen MR) is 68.3 cm³/mol. The number of alkyl halides is 1. The van der Waals surface area contributed by atoms with Crippen molar-refractivity contribution < 1.29 is 0 Å². The molecule has 0 atom stereocenters. The molecule has 0 radical (unpaired) electrons. The lowest BCUT2D eigenvalue weighted by Crippen LogP contribution is -1.74. The van der Waals surface area contributed by atoms with Gasteiger partial charge < -0.3 is 0 Å². The van der Waals surface area contributed by atoms with Crippen LogP contribution in [0.2, 0.25) is 0 Å². The quantitative estimate of drug-likeness (QED) is 0.441. The van der Waals surface area contributed by atoms with E-state index in [0.29, 0.717) is 0 Å². The maximum Gasteiger partial charge on any atom is -0.000178 e. The van der Waals surface area contributed by atoms with Crippen LogP contribution in [0.1, 0.15) is 24.0 Å². The Morgan fingerprint density at radius 2 is 1.92 bits per heavy atom. The lowest BCUT2D eigenvalue weighted by atomic mass is 10.1. The van der Waals surface area contributed by atoms with E-state index in [1.165, 1.54) is 28.4 Å². The highest BCUT2D eigenvalue weighted by atomic mass is 127. The molecule has 0 aromatic heterocycles. The number of aryl methyl sites for hydroxylation is 1. The molecule has 1 rings (SSSR count). The first-order valence-corrected chi connectivity index (χ1v) is 6.14. The fourth-order valence-electron chi connectivity index (χ4n) is 1.09. The third-order valence-electron chi connectivity index (χ3n) is 1.89. The van der Waals surface area contributed by atoms with Gasteiger partial charge in [0.1, 0.15) is 0 Å². The van der Waals surface area contributed by atoms with Crippen LogP contribution in [0.15, 0.2) is 30.3 Å². The topological polar surface area (TPSA) is 0 Å². The molecule has 0 aliphatic rings. The Morgan fingerprint density at radius 1 is 1.23 bits per heavy atom. The Labute approximate surface area is 94.2 Å². The molecule has 70 valence electrons. The molecule has 0 unspecified atom stereocenters. The van der Waals surface area contributed by atoms with E-state index in [4.69, 9.17) is 0 Å². The van der Waals surface area contributed by atoms with Crippen molar-refractivity contribution in [2.45, 2.75) is 19.8 Å². The van der Waals surface area contributed by atoms with Gasteiger partial charge in [-0.3, -0.25) is 0 Å². The summed E-state index contributed by atoms with van der Waals surface area (Å²) in [5.41, 5.74) is 2.63. The van der Waals surface area contributed by atoms with E-state index in [-0.39, 0.29) is 0 Å². The monoisotopic (exact) mass is 286 g/mol. The van der Waals surface area contributed by atoms with Gasteiger partial charge in [0.15, 0.2) is 0 Å². The Kier molecular flexibility index (Phi) is 5.13. The highest BCUT2D eigenvalue weighted by Gasteiger charge is 1.85. The maximum atomic E-state index is 2.41. The summed E-state index contributed by atoms with van der Waals surface area (Å²) in [5, 5.41) is 0. The molecular formula is C12H15I. The first kappa shape index (κ1) is 10.8. The third kappa shape index (κ3) is 4.46. The zero-order valence-electron chi connectivity index (χ0n) is 7.96. The van der Waals surface area contributed by atoms with Crippen LogP contribution < -0.4 is 0 Å². The smallest absolute Gasteiger partial charge is 0.000178 e. The number of allylic oxidation sites excluding steroid dienone is 1. The number of hydrogen-bond donors (Lipinski definition) is 0. The third-order valence-corrected chi connectivity index (χ3v) is 2.65. The molecule has 0 N–H and O–H groups in total. The van der Waals surface area contributed by atoms with E-state index in [1.807, 2.05) is 0 Å². The minimum Gasteiger partial charge on any atom is -0.0864 e. The van der Waals surface area contributed by atoms with E-state index < -0.39 is 0 Å². The molecule has 0 saturated heterocycles. The number of rotatable bonds is 4. The zero-order valence-corrected chi connectivity index (χ0v) is 10.1. The van der Waals surface area contributed by atoms with Gasteiger partial charge in [-0.1, -0.05) is 64.6 Å². The number of benzene rings is 1. The van der Waals surface area contributed by atoms with Crippen molar-refractivity contribution in [1.82, 2.24) is 0 Å². The summed E-state index contributed by atoms with van der Waals surface area (Å²) in [5.74, 6) is 0. The summed E-state index contributed by atoms with van der Waals surface area (Å²) < 4.78 is 1.25. The lowest BCUT2D eigenvalue weighted by Gasteiger charge is -1.94. The zero-order chi connectivity index (χ0) is 9.52. The van der Waals surface area contributed by atoms with Gasteiger partial charge in [-0.05, 0) is 29.8 Å². The molecule has 0 fully saturated rings. The van der Waals surface area contributed by atoms with E-state index >= 15 is 0 Å². The fourth-order valence-corrected chi connectivity index (χ4v) is 1.53. The van der Waals surface area contributed by atoms with Crippen LogP contribution in [0, 0.1) is 6.92 Å². The molecule has 0 aliphatic heterocycles. The first-order chi connectivity index (χ1) is 6.33. The molecule has 0 nitrogen and oxygen atoms in total. The Bertz CT molecular complexity index is 259. The van der Waals surface area contributed by atoms with Crippen LogP contribution in [-0.4, -0.2) is 4.43 Å². The molecule has 0 heterocycles. The average molecular weight is 286 g/mol. The molecule has 0 spiro atoms. The first-order valence-electron chi connectivity index (χ1n) is 4.62. The summed E-state index contributed by atoms with van der Waals surface area (Å²) in [4.78, 5) is 0. The normalized spacial score (nSPS) is 10.9. The van der Waals surface area contributed by atoms with Gasteiger partial charge in [-0.15, -0.1) is 0 Å². The van der Waals surface area contributed by atoms with Crippen LogP contribution >= 0.6 is 22.6 Å². The highest BCUT2D eigenvalue weighted by molar-refractivity contribution is 14.1. The molecule has 0 amide bonds. The van der Waals surface area contributed by atoms with Gasteiger partial charge in [-0.2, -0.15) is 0 Å². The number of halogens is 1. The van der Waals surface area contributed by atoms with E-state index in [2.05, 4.69) is 65.9 Å². The summed E-state index contributed by atoms with van der Waals surface area (Å²) >= 11 is 2.41. The minimum absolute atomic E-state index is 1.19. The van der Waals surface area contributed by atoms with Crippen molar-refractivity contribution in [3.05, 3.63) is 41.5 Å². The molecule has 13 heavy (non-hydrogen) atoms. The lowest BCUT2D eigenvalue weighted by molar-refractivity contribution is 0.990. The van der Waals surface area contributed by atoms with Crippen LogP contribution in [0.5, 0.6) is 0 Å². The second-order valence-electron chi connectivity index (χ2n) is 3.14. The van der Waals surface area contributed by atoms with Gasteiger partial charge in [0.05, 0.1) is 0 Å². The molecule has 0 bridgehead atoms. The van der Waals surface area contributed by atoms with Crippen LogP contribution in [-0.2, 0) is 0 Å². The van der Waals surface area contributed by atoms with Gasteiger partial charge in [0.2, 0.25) is 0 Å². The largest absolute Gasteiger partial charge is 0.0864 e. The standard InChI is InChI=1S/C12H15I/c1-11-6-8-12(9-7-11)5-3-2-4-10-13/h3,5-9H,2,4,10H2,1H3. The molecular weight excluding hydrogens is 271 g/mol. The Morgan fingerprint density at radius 3 is 2.54 bits per heavy atom. The van der Waals surface area contributed by atoms with Crippen molar-refractivity contribution in [1.29, 1.82) is 0 Å². The van der Waals surface area contributed by atoms with E-state index in [0.717, 1.165) is 0 Å². The van der Waals surface area contributed by atoms with Crippen molar-refractivity contribution in [2.24, 2.45) is 0 Å². The van der Waals surface area contributed by atoms with Gasteiger partial charge in [0, 0.05) is 0 Å². The Hall–Kier alpha value is -0.310. The highest BCUT2D eigenvalue weighted by Crippen LogP contribution is 2.06. The van der Waals surface area contributed by atoms with Gasteiger partial charge in [0.25, 0.3) is 0 Å². The summed E-state index contributed by atoms with van der Waals surface area (Å²) in [6.45, 7) is 2.11. The average Bonchev–Trinajstić information content (AvgIpc) is 2.15. The summed E-state index contributed by atoms with van der Waals surface area (Å²) in [6.07, 6.45) is 6.93. The molecule has 0 saturated carbocycles. The van der Waals surface area contributed by atoms with Crippen LogP contribution in [0.3, 0.4) is 0 Å². The SMILES string of the molecule is Cc1ccc(C=CCCCI)cc1. The molecule has 1 aromatic carbocycles. The van der Waals surface area contributed by atoms with Crippen molar-refractivity contribution >= 4 is 28.7 Å². The number of unbranched alkanes of at least 4 members (excludes halogenated alkanes) is 1. The van der Waals surface area contributed by atoms with Crippen LogP contribution in [0.25, 0.3) is 6.08 Å². The van der Waals surface area contributed by atoms with Gasteiger partial charge in [-0.25, -0.2) is 0 Å². The van der Waals surface area contributed by atoms with Crippen LogP contribution in [0.4, 0.5) is 0 Å². The van der Waals surface area contributed by atoms with E-state index in [1.54, 1.807) is 0 Å². The second-order valence-corrected chi connectivity index (χ2v) is 4.22. The molecule has 0 aliphatic carbocycles. The summed E-state index contributed by atoms with van der Waals surface area (Å²) in [6, 6.07) is 8.63. The Balaban J connectivity index is 2.44. The van der Waals surface area contributed by atoms with Crippen molar-refractivity contribution in [2.75, 3.05) is 4.43 Å². The number of hydrogen-bond acceptors (Lipinski definition) is 0. The van der Waals surface area contributed by atoms with E-state index in [9.17, 15) is 0 Å². The predicted octanol–water partition coefficient (Wildman–Crippen LogP) is 4.22. The molecule has 1 aromatic rings. The second kappa shape index (κ2) is 6.19. The summed E-state index contributed by atoms with van der Waals surface area (Å²) in [7, 11) is 0. The van der Waals surface area contributed by atoms with Crippen molar-refractivity contribution in [3.8, 4) is 0 Å².